The predicted octanol–water partition coefficient (Wildman–Crippen LogP) is 14.5. The molecule has 0 aliphatic carbocycles. The van der Waals surface area contributed by atoms with Crippen LogP contribution in [-0.4, -0.2) is 47.8 Å². The molecule has 9 heterocycles. The van der Waals surface area contributed by atoms with Crippen molar-refractivity contribution < 1.29 is 0 Å². The van der Waals surface area contributed by atoms with Gasteiger partial charge in [0.05, 0.1) is 102 Å². The molecule has 0 spiro atoms. The minimum absolute atomic E-state index is 0.412. The average Bonchev–Trinajstić information content (AvgIpc) is 4.31. The molecule has 9 aromatic heterocycles. The lowest BCUT2D eigenvalue weighted by Gasteiger charge is -2.29. The smallest absolute Gasteiger partial charge is 0.150 e. The van der Waals surface area contributed by atoms with E-state index in [1.54, 1.807) is 0 Å². The number of para-hydroxylation sites is 7. The average molecular weight is 960 g/mol. The van der Waals surface area contributed by atoms with Crippen LogP contribution in [0.1, 0.15) is 5.56 Å². The van der Waals surface area contributed by atoms with Gasteiger partial charge in [0, 0.05) is 79.8 Å². The van der Waals surface area contributed by atoms with Gasteiger partial charge >= 0.3 is 0 Å². The number of fused-ring (bicyclic) bond motifs is 13. The Labute approximate surface area is 426 Å². The molecule has 0 unspecified atom stereocenters. The first-order chi connectivity index (χ1) is 37.3. The van der Waals surface area contributed by atoms with Crippen LogP contribution in [0.4, 0.5) is 0 Å². The lowest BCUT2D eigenvalue weighted by atomic mass is 9.97. The Morgan fingerprint density at radius 3 is 1.25 bits per heavy atom. The van der Waals surface area contributed by atoms with Crippen molar-refractivity contribution in [2.75, 3.05) is 0 Å². The van der Waals surface area contributed by atoms with Gasteiger partial charge in [-0.2, -0.15) is 5.26 Å². The molecule has 0 saturated heterocycles. The van der Waals surface area contributed by atoms with E-state index in [1.165, 1.54) is 0 Å². The molecule has 0 atom stereocenters. The van der Waals surface area contributed by atoms with Gasteiger partial charge in [-0.05, 0) is 72.8 Å². The van der Waals surface area contributed by atoms with Crippen molar-refractivity contribution in [1.29, 1.82) is 5.26 Å². The number of aromatic nitrogens is 10. The minimum atomic E-state index is 0.412. The SMILES string of the molecule is N#Cc1c(-n2c3ccccc3c3ccncc32)c(-c2nc3ccccc3n2-c2ccccc2)c(-n2c3ccccc3c3ccncc32)c(-n2c3ccccc3c3ccncc32)c1-n1c2ccccc2c2cnccc21. The van der Waals surface area contributed by atoms with Gasteiger partial charge < -0.3 is 18.3 Å². The monoisotopic (exact) mass is 959 g/mol. The summed E-state index contributed by atoms with van der Waals surface area (Å²) in [6.45, 7) is 0. The number of benzene rings is 7. The molecule has 0 N–H and O–H groups in total. The van der Waals surface area contributed by atoms with E-state index in [2.05, 4.69) is 193 Å². The fourth-order valence-corrected chi connectivity index (χ4v) is 12.2. The predicted molar refractivity (Wildman–Crippen MR) is 300 cm³/mol. The summed E-state index contributed by atoms with van der Waals surface area (Å²) >= 11 is 0. The molecule has 0 aliphatic heterocycles. The first-order valence-electron chi connectivity index (χ1n) is 24.8. The van der Waals surface area contributed by atoms with Crippen molar-refractivity contribution in [3.8, 4) is 45.9 Å². The van der Waals surface area contributed by atoms with Crippen LogP contribution in [0.5, 0.6) is 0 Å². The summed E-state index contributed by atoms with van der Waals surface area (Å²) in [6, 6.07) is 63.9. The Kier molecular flexibility index (Phi) is 8.55. The van der Waals surface area contributed by atoms with Crippen LogP contribution in [-0.2, 0) is 0 Å². The molecule has 16 aromatic rings. The lowest BCUT2D eigenvalue weighted by molar-refractivity contribution is 1.01. The van der Waals surface area contributed by atoms with E-state index in [-0.39, 0.29) is 0 Å². The largest absolute Gasteiger partial charge is 0.306 e. The van der Waals surface area contributed by atoms with Gasteiger partial charge in [-0.1, -0.05) is 103 Å². The molecule has 0 radical (unpaired) electrons. The van der Waals surface area contributed by atoms with Gasteiger partial charge in [0.25, 0.3) is 0 Å². The van der Waals surface area contributed by atoms with Crippen molar-refractivity contribution in [3.05, 3.63) is 231 Å². The molecule has 0 amide bonds. The summed E-state index contributed by atoms with van der Waals surface area (Å²) in [5.74, 6) is 0.631. The maximum absolute atomic E-state index is 12.8. The van der Waals surface area contributed by atoms with Crippen LogP contribution in [0, 0.1) is 11.3 Å². The van der Waals surface area contributed by atoms with E-state index in [0.29, 0.717) is 28.3 Å². The summed E-state index contributed by atoms with van der Waals surface area (Å²) in [4.78, 5) is 25.1. The molecule has 7 aromatic carbocycles. The maximum Gasteiger partial charge on any atom is 0.150 e. The number of imidazole rings is 1. The highest BCUT2D eigenvalue weighted by atomic mass is 15.2. The first kappa shape index (κ1) is 41.0. The summed E-state index contributed by atoms with van der Waals surface area (Å²) in [7, 11) is 0. The summed E-state index contributed by atoms with van der Waals surface area (Å²) in [5, 5.41) is 20.9. The van der Waals surface area contributed by atoms with Gasteiger partial charge in [-0.3, -0.25) is 24.5 Å². The van der Waals surface area contributed by atoms with E-state index in [1.807, 2.05) is 61.7 Å². The lowest BCUT2D eigenvalue weighted by Crippen LogP contribution is -2.17. The standard InChI is InChI=1S/C64H37N11/c65-34-47-60(73-50-21-9-4-16-40(50)44-26-30-67-36-56(44)73)59(64-70-49-20-8-13-25-55(49)71(64)39-14-2-1-3-15-39)62(74-51-22-10-5-17-41(51)45-27-31-68-37-57(45)74)63(75-52-23-11-6-18-42(52)46-28-32-69-38-58(46)75)61(47)72-53-24-12-7-19-43(53)48-35-66-33-29-54(48)72/h1-33,35-38H. The fourth-order valence-electron chi connectivity index (χ4n) is 12.2. The van der Waals surface area contributed by atoms with Crippen LogP contribution < -0.4 is 0 Å². The van der Waals surface area contributed by atoms with Gasteiger partial charge in [0.1, 0.15) is 17.5 Å². The second-order valence-corrected chi connectivity index (χ2v) is 18.8. The molecular weight excluding hydrogens is 923 g/mol. The van der Waals surface area contributed by atoms with Crippen molar-refractivity contribution in [1.82, 2.24) is 47.8 Å². The quantitative estimate of drug-likeness (QED) is 0.164. The number of nitrogens with zero attached hydrogens (tertiary/aromatic N) is 11. The topological polar surface area (TPSA) is 113 Å². The molecule has 16 rings (SSSR count). The third-order valence-electron chi connectivity index (χ3n) is 15.1. The Bertz CT molecular complexity index is 4890. The van der Waals surface area contributed by atoms with Gasteiger partial charge in [0.15, 0.2) is 0 Å². The zero-order chi connectivity index (χ0) is 49.3. The van der Waals surface area contributed by atoms with E-state index in [4.69, 9.17) is 24.9 Å². The van der Waals surface area contributed by atoms with Crippen LogP contribution >= 0.6 is 0 Å². The molecule has 11 nitrogen and oxygen atoms in total. The molecule has 348 valence electrons. The Morgan fingerprint density at radius 1 is 0.307 bits per heavy atom. The van der Waals surface area contributed by atoms with E-state index in [9.17, 15) is 5.26 Å². The van der Waals surface area contributed by atoms with Crippen LogP contribution in [0.2, 0.25) is 0 Å². The van der Waals surface area contributed by atoms with Crippen molar-refractivity contribution in [2.45, 2.75) is 0 Å². The summed E-state index contributed by atoms with van der Waals surface area (Å²) < 4.78 is 11.5. The van der Waals surface area contributed by atoms with Gasteiger partial charge in [-0.15, -0.1) is 0 Å². The van der Waals surface area contributed by atoms with Crippen LogP contribution in [0.15, 0.2) is 225 Å². The molecule has 75 heavy (non-hydrogen) atoms. The van der Waals surface area contributed by atoms with Crippen molar-refractivity contribution >= 4 is 98.3 Å². The van der Waals surface area contributed by atoms with E-state index < -0.39 is 0 Å². The van der Waals surface area contributed by atoms with Crippen LogP contribution in [0.25, 0.3) is 138 Å². The van der Waals surface area contributed by atoms with Gasteiger partial charge in [-0.25, -0.2) is 4.98 Å². The molecule has 0 aliphatic rings. The molecule has 11 heteroatoms. The Hall–Kier alpha value is -10.7. The highest BCUT2D eigenvalue weighted by molar-refractivity contribution is 6.17. The third kappa shape index (κ3) is 5.59. The number of hydrogen-bond acceptors (Lipinski definition) is 6. The molecule has 0 fully saturated rings. The molecule has 0 bridgehead atoms. The molecule has 0 saturated carbocycles. The van der Waals surface area contributed by atoms with Crippen molar-refractivity contribution in [2.24, 2.45) is 0 Å². The molecular formula is C64H37N11. The minimum Gasteiger partial charge on any atom is -0.306 e. The zero-order valence-electron chi connectivity index (χ0n) is 39.8. The van der Waals surface area contributed by atoms with Gasteiger partial charge in [0.2, 0.25) is 0 Å². The number of rotatable bonds is 6. The van der Waals surface area contributed by atoms with E-state index >= 15 is 0 Å². The van der Waals surface area contributed by atoms with Crippen molar-refractivity contribution in [3.63, 3.8) is 0 Å². The second-order valence-electron chi connectivity index (χ2n) is 18.8. The third-order valence-corrected chi connectivity index (χ3v) is 15.1. The van der Waals surface area contributed by atoms with E-state index in [0.717, 1.165) is 115 Å². The Balaban J connectivity index is 1.30. The number of nitriles is 1. The zero-order valence-corrected chi connectivity index (χ0v) is 39.8. The first-order valence-corrected chi connectivity index (χ1v) is 24.8. The fraction of sp³-hybridized carbons (Fsp3) is 0. The second kappa shape index (κ2) is 15.6. The highest BCUT2D eigenvalue weighted by Gasteiger charge is 2.37. The summed E-state index contributed by atoms with van der Waals surface area (Å²) in [5.41, 5.74) is 13.7. The van der Waals surface area contributed by atoms with Crippen LogP contribution in [0.3, 0.4) is 0 Å². The number of hydrogen-bond donors (Lipinski definition) is 0. The maximum atomic E-state index is 12.8. The summed E-state index contributed by atoms with van der Waals surface area (Å²) in [6.07, 6.45) is 15.2. The highest BCUT2D eigenvalue weighted by Crippen LogP contribution is 2.52. The Morgan fingerprint density at radius 2 is 0.707 bits per heavy atom. The number of pyridine rings is 4. The normalized spacial score (nSPS) is 12.0.